The van der Waals surface area contributed by atoms with E-state index in [1.54, 1.807) is 12.1 Å². The summed E-state index contributed by atoms with van der Waals surface area (Å²) in [5, 5.41) is 14.5. The van der Waals surface area contributed by atoms with Crippen molar-refractivity contribution in [2.45, 2.75) is 39.5 Å². The van der Waals surface area contributed by atoms with E-state index in [2.05, 4.69) is 10.6 Å². The fourth-order valence-electron chi connectivity index (χ4n) is 2.41. The standard InChI is InChI=1S/C20H24N2O4/c1-13(2)26-18-6-4-5-17(11-18)14(3)22-20(25)21-12-15-7-9-16(10-8-15)19(23)24/h4-11,13-14H,12H2,1-3H3,(H,23,24)(H2,21,22,25). The molecule has 0 aliphatic heterocycles. The zero-order chi connectivity index (χ0) is 19.1. The van der Waals surface area contributed by atoms with Crippen LogP contribution in [0, 0.1) is 0 Å². The summed E-state index contributed by atoms with van der Waals surface area (Å²) in [6, 6.07) is 13.5. The zero-order valence-corrected chi connectivity index (χ0v) is 15.2. The van der Waals surface area contributed by atoms with Crippen LogP contribution >= 0.6 is 0 Å². The third kappa shape index (κ3) is 5.81. The third-order valence-corrected chi connectivity index (χ3v) is 3.73. The minimum absolute atomic E-state index is 0.0873. The highest BCUT2D eigenvalue weighted by Crippen LogP contribution is 2.20. The molecule has 0 heterocycles. The molecule has 0 radical (unpaired) electrons. The predicted molar refractivity (Wildman–Crippen MR) is 99.4 cm³/mol. The summed E-state index contributed by atoms with van der Waals surface area (Å²) >= 11 is 0. The molecule has 6 nitrogen and oxygen atoms in total. The van der Waals surface area contributed by atoms with Crippen LogP contribution in [0.1, 0.15) is 48.3 Å². The molecule has 2 aromatic carbocycles. The van der Waals surface area contributed by atoms with Gasteiger partial charge < -0.3 is 20.5 Å². The van der Waals surface area contributed by atoms with E-state index in [4.69, 9.17) is 9.84 Å². The molecule has 0 aliphatic rings. The molecule has 2 amide bonds. The number of nitrogens with one attached hydrogen (secondary N) is 2. The molecule has 0 fully saturated rings. The lowest BCUT2D eigenvalue weighted by Crippen LogP contribution is -2.36. The molecule has 1 unspecified atom stereocenters. The smallest absolute Gasteiger partial charge is 0.335 e. The van der Waals surface area contributed by atoms with Crippen LogP contribution in [0.4, 0.5) is 4.79 Å². The minimum atomic E-state index is -0.972. The van der Waals surface area contributed by atoms with Gasteiger partial charge in [-0.1, -0.05) is 24.3 Å². The van der Waals surface area contributed by atoms with Crippen molar-refractivity contribution in [2.75, 3.05) is 0 Å². The molecule has 138 valence electrons. The van der Waals surface area contributed by atoms with E-state index in [-0.39, 0.29) is 23.7 Å². The maximum atomic E-state index is 12.1. The average molecular weight is 356 g/mol. The van der Waals surface area contributed by atoms with Crippen LogP contribution in [-0.2, 0) is 6.54 Å². The van der Waals surface area contributed by atoms with Crippen molar-refractivity contribution in [3.05, 3.63) is 65.2 Å². The van der Waals surface area contributed by atoms with Gasteiger partial charge in [-0.25, -0.2) is 9.59 Å². The fourth-order valence-corrected chi connectivity index (χ4v) is 2.41. The van der Waals surface area contributed by atoms with Gasteiger partial charge >= 0.3 is 12.0 Å². The van der Waals surface area contributed by atoms with E-state index < -0.39 is 5.97 Å². The van der Waals surface area contributed by atoms with Crippen LogP contribution < -0.4 is 15.4 Å². The Kier molecular flexibility index (Phi) is 6.60. The molecule has 2 aromatic rings. The van der Waals surface area contributed by atoms with Crippen LogP contribution in [0.3, 0.4) is 0 Å². The lowest BCUT2D eigenvalue weighted by Gasteiger charge is -2.17. The van der Waals surface area contributed by atoms with Gasteiger partial charge in [-0.2, -0.15) is 0 Å². The van der Waals surface area contributed by atoms with Gasteiger partial charge in [0.2, 0.25) is 0 Å². The summed E-state index contributed by atoms with van der Waals surface area (Å²) in [7, 11) is 0. The first-order chi connectivity index (χ1) is 12.3. The maximum Gasteiger partial charge on any atom is 0.335 e. The molecule has 3 N–H and O–H groups in total. The lowest BCUT2D eigenvalue weighted by molar-refractivity contribution is 0.0697. The molecule has 0 aromatic heterocycles. The second kappa shape index (κ2) is 8.89. The Morgan fingerprint density at radius 3 is 2.38 bits per heavy atom. The minimum Gasteiger partial charge on any atom is -0.491 e. The Morgan fingerprint density at radius 1 is 1.08 bits per heavy atom. The molecule has 2 rings (SSSR count). The number of carboxylic acid groups (broad SMARTS) is 1. The number of aromatic carboxylic acids is 1. The summed E-state index contributed by atoms with van der Waals surface area (Å²) in [6.45, 7) is 6.14. The number of carbonyl (C=O) groups is 2. The van der Waals surface area contributed by atoms with Gasteiger partial charge in [0.1, 0.15) is 5.75 Å². The largest absolute Gasteiger partial charge is 0.491 e. The number of hydrogen-bond donors (Lipinski definition) is 3. The van der Waals surface area contributed by atoms with Crippen LogP contribution in [-0.4, -0.2) is 23.2 Å². The summed E-state index contributed by atoms with van der Waals surface area (Å²) in [6.07, 6.45) is 0.0873. The Bertz CT molecular complexity index is 757. The second-order valence-corrected chi connectivity index (χ2v) is 6.29. The number of hydrogen-bond acceptors (Lipinski definition) is 3. The first-order valence-electron chi connectivity index (χ1n) is 8.48. The highest BCUT2D eigenvalue weighted by atomic mass is 16.5. The molecule has 0 bridgehead atoms. The van der Waals surface area contributed by atoms with Crippen LogP contribution in [0.5, 0.6) is 5.75 Å². The van der Waals surface area contributed by atoms with Crippen molar-refractivity contribution in [1.29, 1.82) is 0 Å². The Labute approximate surface area is 153 Å². The van der Waals surface area contributed by atoms with E-state index in [9.17, 15) is 9.59 Å². The zero-order valence-electron chi connectivity index (χ0n) is 15.2. The first kappa shape index (κ1) is 19.3. The Morgan fingerprint density at radius 2 is 1.77 bits per heavy atom. The summed E-state index contributed by atoms with van der Waals surface area (Å²) in [5.41, 5.74) is 1.99. The highest BCUT2D eigenvalue weighted by molar-refractivity contribution is 5.87. The fraction of sp³-hybridized carbons (Fsp3) is 0.300. The van der Waals surface area contributed by atoms with Crippen molar-refractivity contribution in [1.82, 2.24) is 10.6 Å². The molecule has 0 aliphatic carbocycles. The van der Waals surface area contributed by atoms with Gasteiger partial charge in [-0.05, 0) is 56.2 Å². The number of carbonyl (C=O) groups excluding carboxylic acids is 1. The number of ether oxygens (including phenoxy) is 1. The van der Waals surface area contributed by atoms with Gasteiger partial charge in [0.15, 0.2) is 0 Å². The molecule has 0 spiro atoms. The van der Waals surface area contributed by atoms with Crippen molar-refractivity contribution < 1.29 is 19.4 Å². The SMILES string of the molecule is CC(C)Oc1cccc(C(C)NC(=O)NCc2ccc(C(=O)O)cc2)c1. The van der Waals surface area contributed by atoms with Crippen molar-refractivity contribution in [3.63, 3.8) is 0 Å². The van der Waals surface area contributed by atoms with Crippen LogP contribution in [0.2, 0.25) is 0 Å². The second-order valence-electron chi connectivity index (χ2n) is 6.29. The van der Waals surface area contributed by atoms with E-state index in [0.29, 0.717) is 6.54 Å². The maximum absolute atomic E-state index is 12.1. The number of urea groups is 1. The Balaban J connectivity index is 1.87. The van der Waals surface area contributed by atoms with E-state index in [1.807, 2.05) is 45.0 Å². The predicted octanol–water partition coefficient (Wildman–Crippen LogP) is 3.73. The number of rotatable bonds is 7. The van der Waals surface area contributed by atoms with Gasteiger partial charge in [0.05, 0.1) is 17.7 Å². The number of carboxylic acids is 1. The molecule has 6 heteroatoms. The average Bonchev–Trinajstić information content (AvgIpc) is 2.60. The van der Waals surface area contributed by atoms with Crippen molar-refractivity contribution >= 4 is 12.0 Å². The topological polar surface area (TPSA) is 87.7 Å². The molecular weight excluding hydrogens is 332 g/mol. The van der Waals surface area contributed by atoms with E-state index in [1.165, 1.54) is 12.1 Å². The number of benzene rings is 2. The van der Waals surface area contributed by atoms with E-state index >= 15 is 0 Å². The van der Waals surface area contributed by atoms with Gasteiger partial charge in [-0.3, -0.25) is 0 Å². The molecular formula is C20H24N2O4. The third-order valence-electron chi connectivity index (χ3n) is 3.73. The molecule has 26 heavy (non-hydrogen) atoms. The Hall–Kier alpha value is -3.02. The van der Waals surface area contributed by atoms with E-state index in [0.717, 1.165) is 16.9 Å². The number of amides is 2. The molecule has 1 atom stereocenters. The van der Waals surface area contributed by atoms with Crippen LogP contribution in [0.25, 0.3) is 0 Å². The first-order valence-corrected chi connectivity index (χ1v) is 8.48. The van der Waals surface area contributed by atoms with Gasteiger partial charge in [0, 0.05) is 6.54 Å². The molecule has 0 saturated heterocycles. The summed E-state index contributed by atoms with van der Waals surface area (Å²) < 4.78 is 5.67. The van der Waals surface area contributed by atoms with Gasteiger partial charge in [0.25, 0.3) is 0 Å². The molecule has 0 saturated carbocycles. The van der Waals surface area contributed by atoms with Crippen molar-refractivity contribution in [3.8, 4) is 5.75 Å². The monoisotopic (exact) mass is 356 g/mol. The quantitative estimate of drug-likeness (QED) is 0.705. The van der Waals surface area contributed by atoms with Crippen molar-refractivity contribution in [2.24, 2.45) is 0 Å². The summed E-state index contributed by atoms with van der Waals surface area (Å²) in [4.78, 5) is 22.9. The van der Waals surface area contributed by atoms with Crippen LogP contribution in [0.15, 0.2) is 48.5 Å². The summed E-state index contributed by atoms with van der Waals surface area (Å²) in [5.74, 6) is -0.204. The highest BCUT2D eigenvalue weighted by Gasteiger charge is 2.11. The normalized spacial score (nSPS) is 11.7. The van der Waals surface area contributed by atoms with Gasteiger partial charge in [-0.15, -0.1) is 0 Å². The lowest BCUT2D eigenvalue weighted by atomic mass is 10.1.